The van der Waals surface area contributed by atoms with Crippen molar-refractivity contribution in [3.8, 4) is 0 Å². The minimum atomic E-state index is -0.155. The van der Waals surface area contributed by atoms with Crippen molar-refractivity contribution in [3.05, 3.63) is 59.3 Å². The molecule has 0 aliphatic carbocycles. The fourth-order valence-electron chi connectivity index (χ4n) is 2.92. The first-order valence-corrected chi connectivity index (χ1v) is 8.15. The molecule has 0 saturated carbocycles. The molecule has 7 heteroatoms. The Bertz CT molecular complexity index is 1040. The highest BCUT2D eigenvalue weighted by Gasteiger charge is 2.14. The first kappa shape index (κ1) is 15.3. The summed E-state index contributed by atoms with van der Waals surface area (Å²) in [5, 5.41) is 11.1. The van der Waals surface area contributed by atoms with Crippen LogP contribution < -0.4 is 5.32 Å². The molecular weight excluding hydrogens is 316 g/mol. The third kappa shape index (κ3) is 2.84. The van der Waals surface area contributed by atoms with Gasteiger partial charge in [-0.05, 0) is 37.6 Å². The molecule has 0 bridgehead atoms. The molecule has 126 valence electrons. The lowest BCUT2D eigenvalue weighted by Gasteiger charge is -2.07. The maximum atomic E-state index is 12.6. The second kappa shape index (κ2) is 6.01. The number of aromatic amines is 1. The molecule has 7 nitrogen and oxygen atoms in total. The quantitative estimate of drug-likeness (QED) is 0.599. The number of carbonyl (C=O) groups excluding carboxylic acids is 1. The van der Waals surface area contributed by atoms with Crippen LogP contribution in [0.25, 0.3) is 16.7 Å². The number of nitrogens with one attached hydrogen (secondary N) is 2. The molecule has 4 aromatic rings. The predicted octanol–water partition coefficient (Wildman–Crippen LogP) is 2.19. The van der Waals surface area contributed by atoms with Crippen molar-refractivity contribution < 1.29 is 4.79 Å². The van der Waals surface area contributed by atoms with Crippen molar-refractivity contribution in [1.29, 1.82) is 0 Å². The molecule has 1 amide bonds. The number of nitrogens with zero attached hydrogens (tertiary/aromatic N) is 4. The van der Waals surface area contributed by atoms with E-state index in [1.807, 2.05) is 54.8 Å². The summed E-state index contributed by atoms with van der Waals surface area (Å²) >= 11 is 0. The summed E-state index contributed by atoms with van der Waals surface area (Å²) in [6.45, 7) is 4.30. The van der Waals surface area contributed by atoms with Gasteiger partial charge < -0.3 is 10.3 Å². The number of imidazole rings is 1. The molecule has 25 heavy (non-hydrogen) atoms. The highest BCUT2D eigenvalue weighted by Crippen LogP contribution is 2.13. The molecule has 0 aliphatic rings. The van der Waals surface area contributed by atoms with Crippen LogP contribution in [0, 0.1) is 13.8 Å². The standard InChI is InChI=1S/C18H18N6O/c1-11-9-13(17-23-22-12(2)24(17)10-11)18(25)19-8-7-16-20-14-5-3-4-6-15(14)21-16/h3-6,9-10H,7-8H2,1-2H3,(H,19,25)(H,20,21). The first-order valence-electron chi connectivity index (χ1n) is 8.15. The van der Waals surface area contributed by atoms with Gasteiger partial charge in [0.2, 0.25) is 0 Å². The van der Waals surface area contributed by atoms with E-state index in [4.69, 9.17) is 0 Å². The number of hydrogen-bond acceptors (Lipinski definition) is 4. The highest BCUT2D eigenvalue weighted by molar-refractivity contribution is 5.99. The Morgan fingerprint density at radius 3 is 2.92 bits per heavy atom. The Labute approximate surface area is 144 Å². The van der Waals surface area contributed by atoms with Crippen molar-refractivity contribution in [3.63, 3.8) is 0 Å². The zero-order chi connectivity index (χ0) is 17.4. The van der Waals surface area contributed by atoms with Crippen LogP contribution >= 0.6 is 0 Å². The van der Waals surface area contributed by atoms with Gasteiger partial charge in [-0.2, -0.15) is 0 Å². The summed E-state index contributed by atoms with van der Waals surface area (Å²) in [5.74, 6) is 1.46. The number of fused-ring (bicyclic) bond motifs is 2. The number of benzene rings is 1. The molecule has 0 atom stereocenters. The lowest BCUT2D eigenvalue weighted by atomic mass is 10.2. The predicted molar refractivity (Wildman–Crippen MR) is 94.6 cm³/mol. The smallest absolute Gasteiger partial charge is 0.255 e. The number of amides is 1. The molecule has 4 rings (SSSR count). The molecule has 3 aromatic heterocycles. The van der Waals surface area contributed by atoms with Gasteiger partial charge in [0.05, 0.1) is 16.6 Å². The van der Waals surface area contributed by atoms with Crippen molar-refractivity contribution in [2.24, 2.45) is 0 Å². The van der Waals surface area contributed by atoms with Gasteiger partial charge in [-0.1, -0.05) is 12.1 Å². The molecule has 0 spiro atoms. The largest absolute Gasteiger partial charge is 0.351 e. The van der Waals surface area contributed by atoms with E-state index in [1.165, 1.54) is 0 Å². The summed E-state index contributed by atoms with van der Waals surface area (Å²) < 4.78 is 1.84. The van der Waals surface area contributed by atoms with Crippen LogP contribution in [0.3, 0.4) is 0 Å². The highest BCUT2D eigenvalue weighted by atomic mass is 16.1. The van der Waals surface area contributed by atoms with Crippen LogP contribution in [0.15, 0.2) is 36.5 Å². The van der Waals surface area contributed by atoms with E-state index in [-0.39, 0.29) is 5.91 Å². The third-order valence-corrected chi connectivity index (χ3v) is 4.14. The average Bonchev–Trinajstić information content (AvgIpc) is 3.17. The van der Waals surface area contributed by atoms with Crippen LogP contribution in [0.5, 0.6) is 0 Å². The monoisotopic (exact) mass is 334 g/mol. The van der Waals surface area contributed by atoms with Crippen molar-refractivity contribution in [2.75, 3.05) is 6.54 Å². The maximum absolute atomic E-state index is 12.6. The number of pyridine rings is 1. The fourth-order valence-corrected chi connectivity index (χ4v) is 2.92. The van der Waals surface area contributed by atoms with Gasteiger partial charge in [0, 0.05) is 19.2 Å². The summed E-state index contributed by atoms with van der Waals surface area (Å²) in [7, 11) is 0. The molecule has 0 aliphatic heterocycles. The molecule has 0 saturated heterocycles. The second-order valence-electron chi connectivity index (χ2n) is 6.08. The summed E-state index contributed by atoms with van der Waals surface area (Å²) in [4.78, 5) is 20.3. The fraction of sp³-hybridized carbons (Fsp3) is 0.222. The lowest BCUT2D eigenvalue weighted by Crippen LogP contribution is -2.26. The third-order valence-electron chi connectivity index (χ3n) is 4.14. The number of aryl methyl sites for hydroxylation is 2. The van der Waals surface area contributed by atoms with Gasteiger partial charge in [0.25, 0.3) is 5.91 Å². The maximum Gasteiger partial charge on any atom is 0.255 e. The van der Waals surface area contributed by atoms with Gasteiger partial charge in [0.1, 0.15) is 11.6 Å². The van der Waals surface area contributed by atoms with Crippen molar-refractivity contribution in [2.45, 2.75) is 20.3 Å². The van der Waals surface area contributed by atoms with E-state index >= 15 is 0 Å². The lowest BCUT2D eigenvalue weighted by molar-refractivity contribution is 0.0955. The minimum absolute atomic E-state index is 0.155. The van der Waals surface area contributed by atoms with E-state index in [9.17, 15) is 4.79 Å². The number of rotatable bonds is 4. The van der Waals surface area contributed by atoms with E-state index < -0.39 is 0 Å². The Morgan fingerprint density at radius 1 is 1.24 bits per heavy atom. The molecule has 3 heterocycles. The Balaban J connectivity index is 1.49. The minimum Gasteiger partial charge on any atom is -0.351 e. The van der Waals surface area contributed by atoms with Crippen LogP contribution in [0.2, 0.25) is 0 Å². The van der Waals surface area contributed by atoms with Crippen LogP contribution in [-0.2, 0) is 6.42 Å². The number of hydrogen-bond donors (Lipinski definition) is 2. The number of para-hydroxylation sites is 2. The van der Waals surface area contributed by atoms with E-state index in [0.717, 1.165) is 28.2 Å². The SMILES string of the molecule is Cc1cc(C(=O)NCCc2nc3ccccc3[nH]2)c2nnc(C)n2c1. The van der Waals surface area contributed by atoms with Crippen LogP contribution in [-0.4, -0.2) is 37.0 Å². The van der Waals surface area contributed by atoms with Crippen LogP contribution in [0.1, 0.15) is 27.6 Å². The van der Waals surface area contributed by atoms with Gasteiger partial charge in [-0.25, -0.2) is 4.98 Å². The summed E-state index contributed by atoms with van der Waals surface area (Å²) in [6, 6.07) is 9.71. The average molecular weight is 334 g/mol. The summed E-state index contributed by atoms with van der Waals surface area (Å²) in [5.41, 5.74) is 4.03. The zero-order valence-electron chi connectivity index (χ0n) is 14.1. The number of aromatic nitrogens is 5. The molecule has 0 radical (unpaired) electrons. The Hall–Kier alpha value is -3.22. The zero-order valence-corrected chi connectivity index (χ0v) is 14.1. The number of carbonyl (C=O) groups is 1. The van der Waals surface area contributed by atoms with Gasteiger partial charge in [-0.3, -0.25) is 9.20 Å². The Kier molecular flexibility index (Phi) is 3.68. The molecule has 0 fully saturated rings. The Morgan fingerprint density at radius 2 is 2.08 bits per heavy atom. The van der Waals surface area contributed by atoms with Gasteiger partial charge >= 0.3 is 0 Å². The van der Waals surface area contributed by atoms with E-state index in [1.54, 1.807) is 0 Å². The molecular formula is C18H18N6O. The normalized spacial score (nSPS) is 11.3. The van der Waals surface area contributed by atoms with Gasteiger partial charge in [0.15, 0.2) is 5.65 Å². The van der Waals surface area contributed by atoms with Gasteiger partial charge in [-0.15, -0.1) is 10.2 Å². The second-order valence-corrected chi connectivity index (χ2v) is 6.08. The van der Waals surface area contributed by atoms with Crippen LogP contribution in [0.4, 0.5) is 0 Å². The molecule has 1 aromatic carbocycles. The van der Waals surface area contributed by atoms with E-state index in [2.05, 4.69) is 25.5 Å². The first-order chi connectivity index (χ1) is 12.1. The van der Waals surface area contributed by atoms with E-state index in [0.29, 0.717) is 24.2 Å². The number of H-pyrrole nitrogens is 1. The topological polar surface area (TPSA) is 88.0 Å². The van der Waals surface area contributed by atoms with Crippen molar-refractivity contribution in [1.82, 2.24) is 29.9 Å². The van der Waals surface area contributed by atoms with Crippen molar-refractivity contribution >= 4 is 22.6 Å². The summed E-state index contributed by atoms with van der Waals surface area (Å²) in [6.07, 6.45) is 2.56. The molecule has 0 unspecified atom stereocenters. The molecule has 2 N–H and O–H groups in total.